The van der Waals surface area contributed by atoms with Crippen LogP contribution >= 0.6 is 0 Å². The summed E-state index contributed by atoms with van der Waals surface area (Å²) in [5.41, 5.74) is 0. The average Bonchev–Trinajstić information content (AvgIpc) is 3.00. The van der Waals surface area contributed by atoms with Gasteiger partial charge in [0.05, 0.1) is 0 Å². The summed E-state index contributed by atoms with van der Waals surface area (Å²) in [6.07, 6.45) is 32.0. The van der Waals surface area contributed by atoms with E-state index in [1.54, 1.807) is 0 Å². The highest BCUT2D eigenvalue weighted by molar-refractivity contribution is 5.71. The standard InChI is InChI=1S/C37H66O6/c1-4-7-10-13-16-17-18-19-20-21-22-25-27-30-36(39)42-33-34(43-37(40)31-28-24-15-12-9-6-3)32-41-35(38)29-26-23-14-11-8-5-2/h10,13,17-18,34H,4-9,11-12,14-16,19-33H2,1-3H3/b13-10-,18-17-. The lowest BCUT2D eigenvalue weighted by molar-refractivity contribution is -0.167. The third kappa shape index (κ3) is 31.1. The van der Waals surface area contributed by atoms with E-state index in [0.29, 0.717) is 19.3 Å². The topological polar surface area (TPSA) is 78.9 Å². The fraction of sp³-hybridized carbons (Fsp3) is 0.811. The molecule has 0 radical (unpaired) electrons. The summed E-state index contributed by atoms with van der Waals surface area (Å²) in [4.78, 5) is 37.0. The van der Waals surface area contributed by atoms with Crippen LogP contribution in [0.5, 0.6) is 0 Å². The molecule has 0 saturated carbocycles. The second kappa shape index (κ2) is 32.8. The Morgan fingerprint density at radius 3 is 1.37 bits per heavy atom. The van der Waals surface area contributed by atoms with Crippen molar-refractivity contribution >= 4 is 17.9 Å². The van der Waals surface area contributed by atoms with Crippen LogP contribution in [0.15, 0.2) is 24.3 Å². The van der Waals surface area contributed by atoms with E-state index in [-0.39, 0.29) is 31.1 Å². The van der Waals surface area contributed by atoms with Gasteiger partial charge in [-0.15, -0.1) is 0 Å². The molecule has 0 aliphatic carbocycles. The van der Waals surface area contributed by atoms with Gasteiger partial charge >= 0.3 is 17.9 Å². The van der Waals surface area contributed by atoms with E-state index in [2.05, 4.69) is 45.1 Å². The van der Waals surface area contributed by atoms with E-state index in [0.717, 1.165) is 83.5 Å². The molecule has 0 aliphatic rings. The van der Waals surface area contributed by atoms with Crippen molar-refractivity contribution in [3.05, 3.63) is 24.3 Å². The van der Waals surface area contributed by atoms with E-state index in [4.69, 9.17) is 14.2 Å². The molecule has 0 bridgehead atoms. The SMILES string of the molecule is CCC/C=C\C/C=C\CCCCCCCC(=O)OCC(COC(=O)CCCCCCCC)OC(=O)CCCCCCCC. The Morgan fingerprint density at radius 2 is 0.884 bits per heavy atom. The fourth-order valence-corrected chi connectivity index (χ4v) is 4.71. The fourth-order valence-electron chi connectivity index (χ4n) is 4.71. The summed E-state index contributed by atoms with van der Waals surface area (Å²) in [7, 11) is 0. The minimum Gasteiger partial charge on any atom is -0.462 e. The molecule has 0 aromatic rings. The monoisotopic (exact) mass is 606 g/mol. The molecule has 0 spiro atoms. The molecule has 0 saturated heterocycles. The zero-order chi connectivity index (χ0) is 31.6. The largest absolute Gasteiger partial charge is 0.462 e. The minimum atomic E-state index is -0.764. The summed E-state index contributed by atoms with van der Waals surface area (Å²) in [6.45, 7) is 6.40. The normalized spacial score (nSPS) is 12.2. The molecular weight excluding hydrogens is 540 g/mol. The maximum absolute atomic E-state index is 12.4. The molecule has 1 atom stereocenters. The zero-order valence-corrected chi connectivity index (χ0v) is 28.2. The first-order valence-corrected chi connectivity index (χ1v) is 17.8. The van der Waals surface area contributed by atoms with Gasteiger partial charge in [0.2, 0.25) is 0 Å². The molecule has 250 valence electrons. The first-order chi connectivity index (χ1) is 21.0. The Kier molecular flexibility index (Phi) is 31.2. The van der Waals surface area contributed by atoms with Crippen molar-refractivity contribution in [2.45, 2.75) is 181 Å². The summed E-state index contributed by atoms with van der Waals surface area (Å²) in [6, 6.07) is 0. The first kappa shape index (κ1) is 40.9. The lowest BCUT2D eigenvalue weighted by Crippen LogP contribution is -2.30. The molecular formula is C37H66O6. The van der Waals surface area contributed by atoms with Gasteiger partial charge in [0, 0.05) is 19.3 Å². The Balaban J connectivity index is 4.29. The van der Waals surface area contributed by atoms with Crippen LogP contribution in [0.1, 0.15) is 175 Å². The van der Waals surface area contributed by atoms with E-state index in [1.165, 1.54) is 51.4 Å². The molecule has 1 unspecified atom stereocenters. The molecule has 0 heterocycles. The van der Waals surface area contributed by atoms with Crippen LogP contribution in [0.2, 0.25) is 0 Å². The number of carbonyl (C=O) groups excluding carboxylic acids is 3. The van der Waals surface area contributed by atoms with Gasteiger partial charge in [-0.25, -0.2) is 0 Å². The van der Waals surface area contributed by atoms with Gasteiger partial charge in [-0.05, 0) is 44.9 Å². The lowest BCUT2D eigenvalue weighted by atomic mass is 10.1. The summed E-state index contributed by atoms with van der Waals surface area (Å²) in [5.74, 6) is -0.918. The lowest BCUT2D eigenvalue weighted by Gasteiger charge is -2.18. The number of esters is 3. The molecule has 0 aromatic carbocycles. The van der Waals surface area contributed by atoms with Crippen molar-refractivity contribution in [1.29, 1.82) is 0 Å². The highest BCUT2D eigenvalue weighted by Crippen LogP contribution is 2.12. The minimum absolute atomic E-state index is 0.0757. The number of allylic oxidation sites excluding steroid dienone is 4. The molecule has 0 N–H and O–H groups in total. The van der Waals surface area contributed by atoms with Gasteiger partial charge < -0.3 is 14.2 Å². The maximum Gasteiger partial charge on any atom is 0.306 e. The Hall–Kier alpha value is -2.11. The van der Waals surface area contributed by atoms with Crippen LogP contribution in [0.25, 0.3) is 0 Å². The smallest absolute Gasteiger partial charge is 0.306 e. The molecule has 0 aromatic heterocycles. The number of carbonyl (C=O) groups is 3. The maximum atomic E-state index is 12.4. The second-order valence-corrected chi connectivity index (χ2v) is 11.8. The van der Waals surface area contributed by atoms with Crippen molar-refractivity contribution in [1.82, 2.24) is 0 Å². The van der Waals surface area contributed by atoms with Crippen LogP contribution in [-0.4, -0.2) is 37.2 Å². The molecule has 6 nitrogen and oxygen atoms in total. The van der Waals surface area contributed by atoms with E-state index < -0.39 is 6.10 Å². The van der Waals surface area contributed by atoms with Crippen molar-refractivity contribution < 1.29 is 28.6 Å². The molecule has 0 rings (SSSR count). The number of hydrogen-bond donors (Lipinski definition) is 0. The van der Waals surface area contributed by atoms with Crippen molar-refractivity contribution in [3.63, 3.8) is 0 Å². The van der Waals surface area contributed by atoms with E-state index in [9.17, 15) is 14.4 Å². The Labute approximate surface area is 264 Å². The second-order valence-electron chi connectivity index (χ2n) is 11.8. The Morgan fingerprint density at radius 1 is 0.465 bits per heavy atom. The van der Waals surface area contributed by atoms with Crippen LogP contribution < -0.4 is 0 Å². The third-order valence-corrected chi connectivity index (χ3v) is 7.44. The van der Waals surface area contributed by atoms with Crippen LogP contribution in [-0.2, 0) is 28.6 Å². The van der Waals surface area contributed by atoms with Gasteiger partial charge in [0.15, 0.2) is 6.10 Å². The quantitative estimate of drug-likeness (QED) is 0.0338. The van der Waals surface area contributed by atoms with Crippen LogP contribution in [0.4, 0.5) is 0 Å². The van der Waals surface area contributed by atoms with Gasteiger partial charge in [-0.1, -0.05) is 135 Å². The molecule has 0 amide bonds. The molecule has 6 heteroatoms. The van der Waals surface area contributed by atoms with Crippen molar-refractivity contribution in [3.8, 4) is 0 Å². The van der Waals surface area contributed by atoms with Gasteiger partial charge in [0.25, 0.3) is 0 Å². The number of unbranched alkanes of at least 4 members (excludes halogenated alkanes) is 16. The molecule has 43 heavy (non-hydrogen) atoms. The summed E-state index contributed by atoms with van der Waals surface area (Å²) >= 11 is 0. The number of rotatable bonds is 31. The predicted molar refractivity (Wildman–Crippen MR) is 178 cm³/mol. The third-order valence-electron chi connectivity index (χ3n) is 7.44. The van der Waals surface area contributed by atoms with Crippen molar-refractivity contribution in [2.24, 2.45) is 0 Å². The number of hydrogen-bond acceptors (Lipinski definition) is 6. The van der Waals surface area contributed by atoms with Crippen molar-refractivity contribution in [2.75, 3.05) is 13.2 Å². The van der Waals surface area contributed by atoms with E-state index >= 15 is 0 Å². The molecule has 0 fully saturated rings. The van der Waals surface area contributed by atoms with Gasteiger partial charge in [-0.3, -0.25) is 14.4 Å². The summed E-state index contributed by atoms with van der Waals surface area (Å²) < 4.78 is 16.4. The first-order valence-electron chi connectivity index (χ1n) is 17.8. The number of ether oxygens (including phenoxy) is 3. The summed E-state index contributed by atoms with van der Waals surface area (Å²) in [5, 5.41) is 0. The predicted octanol–water partition coefficient (Wildman–Crippen LogP) is 10.5. The van der Waals surface area contributed by atoms with E-state index in [1.807, 2.05) is 0 Å². The van der Waals surface area contributed by atoms with Crippen LogP contribution in [0, 0.1) is 0 Å². The van der Waals surface area contributed by atoms with Gasteiger partial charge in [-0.2, -0.15) is 0 Å². The highest BCUT2D eigenvalue weighted by Gasteiger charge is 2.19. The zero-order valence-electron chi connectivity index (χ0n) is 28.2. The van der Waals surface area contributed by atoms with Gasteiger partial charge in [0.1, 0.15) is 13.2 Å². The average molecular weight is 607 g/mol. The highest BCUT2D eigenvalue weighted by atomic mass is 16.6. The Bertz CT molecular complexity index is 714. The van der Waals surface area contributed by atoms with Crippen LogP contribution in [0.3, 0.4) is 0 Å². The molecule has 0 aliphatic heterocycles.